The van der Waals surface area contributed by atoms with Crippen LogP contribution >= 0.6 is 11.6 Å². The molecule has 0 radical (unpaired) electrons. The van der Waals surface area contributed by atoms with Crippen LogP contribution in [0.5, 0.6) is 0 Å². The van der Waals surface area contributed by atoms with E-state index in [4.69, 9.17) is 16.6 Å². The molecule has 6 heteroatoms. The second kappa shape index (κ2) is 12.3. The number of sulfonamides is 1. The molecule has 4 nitrogen and oxygen atoms in total. The summed E-state index contributed by atoms with van der Waals surface area (Å²) in [7, 11) is -3.59. The summed E-state index contributed by atoms with van der Waals surface area (Å²) in [6, 6.07) is 17.3. The van der Waals surface area contributed by atoms with E-state index in [1.165, 1.54) is 19.3 Å². The number of hydrogen-bond donors (Lipinski definition) is 1. The molecule has 3 aromatic rings. The molecule has 37 heavy (non-hydrogen) atoms. The topological polar surface area (TPSA) is 59.1 Å². The molecule has 0 spiro atoms. The lowest BCUT2D eigenvalue weighted by Gasteiger charge is -2.24. The third-order valence-electron chi connectivity index (χ3n) is 7.68. The highest BCUT2D eigenvalue weighted by atomic mass is 35.5. The van der Waals surface area contributed by atoms with Crippen LogP contribution in [0.15, 0.2) is 59.5 Å². The molecular formula is C31H41ClN2O2S. The van der Waals surface area contributed by atoms with Gasteiger partial charge in [-0.1, -0.05) is 101 Å². The maximum atomic E-state index is 13.3. The summed E-state index contributed by atoms with van der Waals surface area (Å²) in [6.45, 7) is 6.40. The van der Waals surface area contributed by atoms with Gasteiger partial charge in [0.15, 0.2) is 0 Å². The van der Waals surface area contributed by atoms with Crippen LogP contribution in [0.25, 0.3) is 10.9 Å². The molecule has 0 unspecified atom stereocenters. The van der Waals surface area contributed by atoms with Crippen molar-refractivity contribution in [3.63, 3.8) is 0 Å². The molecule has 1 aliphatic rings. The van der Waals surface area contributed by atoms with Crippen LogP contribution in [0.3, 0.4) is 0 Å². The number of hydrogen-bond acceptors (Lipinski definition) is 3. The monoisotopic (exact) mass is 540 g/mol. The Morgan fingerprint density at radius 1 is 0.838 bits per heavy atom. The molecule has 1 aromatic heterocycles. The van der Waals surface area contributed by atoms with Crippen LogP contribution in [0.1, 0.15) is 102 Å². The molecule has 0 aliphatic heterocycles. The van der Waals surface area contributed by atoms with Crippen molar-refractivity contribution in [1.82, 2.24) is 9.71 Å². The summed E-state index contributed by atoms with van der Waals surface area (Å²) >= 11 is 6.65. The molecule has 1 aliphatic carbocycles. The summed E-state index contributed by atoms with van der Waals surface area (Å²) in [6.07, 6.45) is 10.6. The number of aromatic nitrogens is 1. The Kier molecular flexibility index (Phi) is 9.31. The van der Waals surface area contributed by atoms with E-state index in [1.807, 2.05) is 42.5 Å². The highest BCUT2D eigenvalue weighted by Crippen LogP contribution is 2.33. The number of pyridine rings is 1. The van der Waals surface area contributed by atoms with Crippen molar-refractivity contribution in [2.24, 2.45) is 0 Å². The third-order valence-corrected chi connectivity index (χ3v) is 9.52. The van der Waals surface area contributed by atoms with Crippen LogP contribution in [-0.4, -0.2) is 19.4 Å². The van der Waals surface area contributed by atoms with Gasteiger partial charge >= 0.3 is 0 Å². The van der Waals surface area contributed by atoms with Gasteiger partial charge in [-0.2, -0.15) is 0 Å². The first-order valence-electron chi connectivity index (χ1n) is 13.8. The van der Waals surface area contributed by atoms with E-state index in [-0.39, 0.29) is 17.4 Å². The fraction of sp³-hybridized carbons (Fsp3) is 0.516. The first-order valence-corrected chi connectivity index (χ1v) is 15.7. The van der Waals surface area contributed by atoms with Crippen LogP contribution < -0.4 is 4.72 Å². The minimum absolute atomic E-state index is 0.0159. The van der Waals surface area contributed by atoms with Crippen molar-refractivity contribution >= 4 is 32.5 Å². The lowest BCUT2D eigenvalue weighted by atomic mass is 9.87. The molecule has 2 atom stereocenters. The maximum Gasteiger partial charge on any atom is 0.240 e. The number of nitrogens with zero attached hydrogens (tertiary/aromatic N) is 1. The van der Waals surface area contributed by atoms with E-state index in [0.29, 0.717) is 4.90 Å². The van der Waals surface area contributed by atoms with Crippen molar-refractivity contribution in [3.05, 3.63) is 70.9 Å². The highest BCUT2D eigenvalue weighted by molar-refractivity contribution is 7.89. The Labute approximate surface area is 228 Å². The molecule has 1 heterocycles. The van der Waals surface area contributed by atoms with E-state index >= 15 is 0 Å². The summed E-state index contributed by atoms with van der Waals surface area (Å²) in [5.41, 5.74) is 3.06. The van der Waals surface area contributed by atoms with Crippen molar-refractivity contribution in [2.45, 2.75) is 107 Å². The highest BCUT2D eigenvalue weighted by Gasteiger charge is 2.24. The van der Waals surface area contributed by atoms with Gasteiger partial charge in [0.25, 0.3) is 0 Å². The fourth-order valence-corrected chi connectivity index (χ4v) is 6.95. The SMILES string of the molecule is CC(C)(C)c1ccc(S(=O)(=O)N[C@@H]2CCCCCCCC[C@H](c3cc(Cl)c4ccccc4n3)CC2)cc1. The first-order chi connectivity index (χ1) is 17.6. The standard InChI is InChI=1S/C31H41ClN2O2S/c1-31(2,3)24-17-20-26(21-18-24)37(35,36)34-25-13-9-7-5-4-6-8-12-23(16-19-25)30-22-28(32)27-14-10-11-15-29(27)33-30/h10-11,14-15,17-18,20-23,25,34H,4-9,12-13,16,19H2,1-3H3/t23-,25+/m0/s1. The van der Waals surface area contributed by atoms with Gasteiger partial charge in [-0.15, -0.1) is 0 Å². The Morgan fingerprint density at radius 3 is 2.19 bits per heavy atom. The Morgan fingerprint density at radius 2 is 1.49 bits per heavy atom. The summed E-state index contributed by atoms with van der Waals surface area (Å²) in [5, 5.41) is 1.71. The molecule has 1 N–H and O–H groups in total. The van der Waals surface area contributed by atoms with Gasteiger partial charge in [0, 0.05) is 23.0 Å². The molecule has 200 valence electrons. The summed E-state index contributed by atoms with van der Waals surface area (Å²) < 4.78 is 29.7. The van der Waals surface area contributed by atoms with Crippen LogP contribution in [0.2, 0.25) is 5.02 Å². The molecule has 1 fully saturated rings. The van der Waals surface area contributed by atoms with E-state index in [1.54, 1.807) is 12.1 Å². The molecule has 1 saturated carbocycles. The van der Waals surface area contributed by atoms with Crippen LogP contribution in [-0.2, 0) is 15.4 Å². The average Bonchev–Trinajstić information content (AvgIpc) is 2.85. The van der Waals surface area contributed by atoms with E-state index in [0.717, 1.165) is 72.1 Å². The largest absolute Gasteiger partial charge is 0.252 e. The zero-order valence-electron chi connectivity index (χ0n) is 22.5. The first kappa shape index (κ1) is 28.1. The number of halogens is 1. The smallest absolute Gasteiger partial charge is 0.240 e. The number of nitrogens with one attached hydrogen (secondary N) is 1. The van der Waals surface area contributed by atoms with Crippen LogP contribution in [0, 0.1) is 0 Å². The number of rotatable bonds is 4. The lowest BCUT2D eigenvalue weighted by molar-refractivity contribution is 0.414. The van der Waals surface area contributed by atoms with Crippen LogP contribution in [0.4, 0.5) is 0 Å². The Balaban J connectivity index is 1.53. The zero-order chi connectivity index (χ0) is 26.5. The van der Waals surface area contributed by atoms with E-state index in [2.05, 4.69) is 25.5 Å². The predicted octanol–water partition coefficient (Wildman–Crippen LogP) is 8.53. The maximum absolute atomic E-state index is 13.3. The zero-order valence-corrected chi connectivity index (χ0v) is 24.0. The van der Waals surface area contributed by atoms with E-state index in [9.17, 15) is 8.42 Å². The molecule has 0 amide bonds. The summed E-state index contributed by atoms with van der Waals surface area (Å²) in [4.78, 5) is 5.32. The van der Waals surface area contributed by atoms with Crippen molar-refractivity contribution < 1.29 is 8.42 Å². The minimum Gasteiger partial charge on any atom is -0.252 e. The lowest BCUT2D eigenvalue weighted by Crippen LogP contribution is -2.35. The minimum atomic E-state index is -3.59. The number of para-hydroxylation sites is 1. The van der Waals surface area contributed by atoms with Gasteiger partial charge < -0.3 is 0 Å². The molecule has 0 saturated heterocycles. The predicted molar refractivity (Wildman–Crippen MR) is 155 cm³/mol. The van der Waals surface area contributed by atoms with Gasteiger partial charge in [0.2, 0.25) is 10.0 Å². The number of fused-ring (bicyclic) bond motifs is 1. The number of benzene rings is 2. The van der Waals surface area contributed by atoms with Gasteiger partial charge in [-0.25, -0.2) is 13.1 Å². The second-order valence-corrected chi connectivity index (χ2v) is 13.7. The fourth-order valence-electron chi connectivity index (χ4n) is 5.38. The average molecular weight is 541 g/mol. The van der Waals surface area contributed by atoms with E-state index < -0.39 is 10.0 Å². The van der Waals surface area contributed by atoms with Crippen molar-refractivity contribution in [2.75, 3.05) is 0 Å². The molecule has 2 aromatic carbocycles. The van der Waals surface area contributed by atoms with Crippen molar-refractivity contribution in [1.29, 1.82) is 0 Å². The van der Waals surface area contributed by atoms with Gasteiger partial charge in [-0.05, 0) is 60.9 Å². The quantitative estimate of drug-likeness (QED) is 0.360. The summed E-state index contributed by atoms with van der Waals surface area (Å²) in [5.74, 6) is 0.264. The second-order valence-electron chi connectivity index (χ2n) is 11.6. The molecule has 0 bridgehead atoms. The van der Waals surface area contributed by atoms with Gasteiger partial charge in [0.1, 0.15) is 0 Å². The van der Waals surface area contributed by atoms with Crippen molar-refractivity contribution in [3.8, 4) is 0 Å². The Hall–Kier alpha value is -1.95. The molecular weight excluding hydrogens is 500 g/mol. The normalized spacial score (nSPS) is 20.8. The van der Waals surface area contributed by atoms with Gasteiger partial charge in [0.05, 0.1) is 15.4 Å². The third kappa shape index (κ3) is 7.55. The Bertz CT molecular complexity index is 1280. The van der Waals surface area contributed by atoms with Gasteiger partial charge in [-0.3, -0.25) is 4.98 Å². The molecule has 4 rings (SSSR count).